The number of halogens is 1. The zero-order valence-electron chi connectivity index (χ0n) is 13.6. The van der Waals surface area contributed by atoms with Crippen molar-refractivity contribution in [3.8, 4) is 0 Å². The number of piperazine rings is 1. The van der Waals surface area contributed by atoms with Crippen molar-refractivity contribution in [3.05, 3.63) is 0 Å². The van der Waals surface area contributed by atoms with Crippen LogP contribution < -0.4 is 10.6 Å². The van der Waals surface area contributed by atoms with E-state index in [0.717, 1.165) is 39.0 Å². The van der Waals surface area contributed by atoms with Crippen LogP contribution in [0.2, 0.25) is 0 Å². The van der Waals surface area contributed by atoms with Gasteiger partial charge in [0, 0.05) is 32.2 Å². The molecule has 0 spiro atoms. The van der Waals surface area contributed by atoms with Crippen LogP contribution in [-0.2, 0) is 9.59 Å². The van der Waals surface area contributed by atoms with Crippen LogP contribution in [0.1, 0.15) is 32.6 Å². The van der Waals surface area contributed by atoms with Gasteiger partial charge in [-0.15, -0.1) is 12.4 Å². The van der Waals surface area contributed by atoms with E-state index in [1.807, 2.05) is 23.8 Å². The van der Waals surface area contributed by atoms with Crippen LogP contribution in [0.5, 0.6) is 0 Å². The molecule has 1 heterocycles. The Morgan fingerprint density at radius 1 is 1.27 bits per heavy atom. The van der Waals surface area contributed by atoms with Crippen LogP contribution in [0.25, 0.3) is 0 Å². The first kappa shape index (κ1) is 19.2. The molecule has 0 aromatic carbocycles. The highest BCUT2D eigenvalue weighted by Crippen LogP contribution is 2.17. The van der Waals surface area contributed by atoms with E-state index in [1.54, 1.807) is 0 Å². The van der Waals surface area contributed by atoms with Crippen molar-refractivity contribution < 1.29 is 9.59 Å². The Balaban J connectivity index is 0.00000242. The molecule has 22 heavy (non-hydrogen) atoms. The van der Waals surface area contributed by atoms with Gasteiger partial charge in [0.1, 0.15) is 0 Å². The predicted molar refractivity (Wildman–Crippen MR) is 89.2 cm³/mol. The third-order valence-corrected chi connectivity index (χ3v) is 4.60. The van der Waals surface area contributed by atoms with E-state index in [2.05, 4.69) is 10.6 Å². The van der Waals surface area contributed by atoms with Gasteiger partial charge in [0.15, 0.2) is 0 Å². The highest BCUT2D eigenvalue weighted by atomic mass is 35.5. The normalized spacial score (nSPS) is 20.6. The van der Waals surface area contributed by atoms with Gasteiger partial charge in [-0.3, -0.25) is 14.5 Å². The maximum absolute atomic E-state index is 12.2. The van der Waals surface area contributed by atoms with Gasteiger partial charge in [0.2, 0.25) is 11.8 Å². The fourth-order valence-corrected chi connectivity index (χ4v) is 2.96. The van der Waals surface area contributed by atoms with Crippen LogP contribution in [0.4, 0.5) is 0 Å². The van der Waals surface area contributed by atoms with E-state index < -0.39 is 0 Å². The minimum Gasteiger partial charge on any atom is -0.352 e. The van der Waals surface area contributed by atoms with Crippen molar-refractivity contribution in [3.63, 3.8) is 0 Å². The third-order valence-electron chi connectivity index (χ3n) is 4.60. The quantitative estimate of drug-likeness (QED) is 0.756. The Kier molecular flexibility index (Phi) is 8.14. The molecule has 128 valence electrons. The number of carbonyl (C=O) groups excluding carboxylic acids is 2. The van der Waals surface area contributed by atoms with Gasteiger partial charge in [-0.2, -0.15) is 0 Å². The Morgan fingerprint density at radius 3 is 2.45 bits per heavy atom. The number of likely N-dealkylation sites (N-methyl/N-ethyl adjacent to an activating group) is 1. The lowest BCUT2D eigenvalue weighted by atomic mass is 10.2. The number of rotatable bonds is 5. The molecule has 1 saturated heterocycles. The van der Waals surface area contributed by atoms with Crippen molar-refractivity contribution >= 4 is 24.2 Å². The van der Waals surface area contributed by atoms with Crippen LogP contribution in [0, 0.1) is 0 Å². The van der Waals surface area contributed by atoms with E-state index in [0.29, 0.717) is 12.6 Å². The maximum Gasteiger partial charge on any atom is 0.237 e. The van der Waals surface area contributed by atoms with Gasteiger partial charge in [-0.1, -0.05) is 12.8 Å². The number of hydrogen-bond donors (Lipinski definition) is 2. The molecule has 2 fully saturated rings. The molecule has 1 atom stereocenters. The van der Waals surface area contributed by atoms with Gasteiger partial charge < -0.3 is 15.5 Å². The summed E-state index contributed by atoms with van der Waals surface area (Å²) in [5.74, 6) is 0.150. The molecular weight excluding hydrogens is 304 g/mol. The average Bonchev–Trinajstić information content (AvgIpc) is 3.00. The van der Waals surface area contributed by atoms with Crippen molar-refractivity contribution in [1.82, 2.24) is 20.4 Å². The van der Waals surface area contributed by atoms with Crippen molar-refractivity contribution in [2.24, 2.45) is 0 Å². The highest BCUT2D eigenvalue weighted by Gasteiger charge is 2.25. The summed E-state index contributed by atoms with van der Waals surface area (Å²) in [4.78, 5) is 28.1. The fraction of sp³-hybridized carbons (Fsp3) is 0.867. The Bertz CT molecular complexity index is 369. The fourth-order valence-electron chi connectivity index (χ4n) is 2.96. The molecule has 2 N–H and O–H groups in total. The molecule has 0 aromatic heterocycles. The van der Waals surface area contributed by atoms with E-state index >= 15 is 0 Å². The zero-order chi connectivity index (χ0) is 15.2. The van der Waals surface area contributed by atoms with E-state index in [1.165, 1.54) is 12.8 Å². The van der Waals surface area contributed by atoms with Crippen molar-refractivity contribution in [2.75, 3.05) is 39.8 Å². The smallest absolute Gasteiger partial charge is 0.237 e. The minimum atomic E-state index is -0.266. The predicted octanol–water partition coefficient (Wildman–Crippen LogP) is 0.219. The van der Waals surface area contributed by atoms with E-state index in [9.17, 15) is 9.59 Å². The molecule has 6 nitrogen and oxygen atoms in total. The monoisotopic (exact) mass is 332 g/mol. The molecule has 2 aliphatic rings. The molecule has 7 heteroatoms. The summed E-state index contributed by atoms with van der Waals surface area (Å²) >= 11 is 0. The maximum atomic E-state index is 12.2. The number of hydrogen-bond acceptors (Lipinski definition) is 4. The van der Waals surface area contributed by atoms with Crippen LogP contribution >= 0.6 is 12.4 Å². The number of carbonyl (C=O) groups is 2. The van der Waals surface area contributed by atoms with Gasteiger partial charge in [-0.05, 0) is 26.8 Å². The highest BCUT2D eigenvalue weighted by molar-refractivity contribution is 5.85. The zero-order valence-corrected chi connectivity index (χ0v) is 14.5. The summed E-state index contributed by atoms with van der Waals surface area (Å²) in [5, 5.41) is 6.33. The molecule has 2 rings (SSSR count). The second-order valence-electron chi connectivity index (χ2n) is 6.21. The molecule has 1 aliphatic carbocycles. The van der Waals surface area contributed by atoms with Gasteiger partial charge in [0.25, 0.3) is 0 Å². The molecule has 2 amide bonds. The average molecular weight is 333 g/mol. The van der Waals surface area contributed by atoms with E-state index in [4.69, 9.17) is 0 Å². The first-order valence-corrected chi connectivity index (χ1v) is 8.07. The summed E-state index contributed by atoms with van der Waals surface area (Å²) in [7, 11) is 1.85. The molecule has 0 aromatic rings. The summed E-state index contributed by atoms with van der Waals surface area (Å²) in [6, 6.07) is 0.0645. The largest absolute Gasteiger partial charge is 0.352 e. The number of nitrogens with one attached hydrogen (secondary N) is 2. The second kappa shape index (κ2) is 9.33. The first-order chi connectivity index (χ1) is 10.1. The summed E-state index contributed by atoms with van der Waals surface area (Å²) < 4.78 is 0. The molecule has 1 unspecified atom stereocenters. The number of nitrogens with zero attached hydrogens (tertiary/aromatic N) is 2. The van der Waals surface area contributed by atoms with E-state index in [-0.39, 0.29) is 30.3 Å². The van der Waals surface area contributed by atoms with Crippen LogP contribution in [-0.4, -0.2) is 73.5 Å². The van der Waals surface area contributed by atoms with Gasteiger partial charge in [0.05, 0.1) is 12.6 Å². The first-order valence-electron chi connectivity index (χ1n) is 8.07. The van der Waals surface area contributed by atoms with Crippen LogP contribution in [0.15, 0.2) is 0 Å². The lowest BCUT2D eigenvalue weighted by molar-refractivity contribution is -0.134. The number of amides is 2. The molecular formula is C15H29ClN4O2. The lowest BCUT2D eigenvalue weighted by Crippen LogP contribution is -2.52. The summed E-state index contributed by atoms with van der Waals surface area (Å²) in [6.07, 6.45) is 4.58. The Hall–Kier alpha value is -0.850. The second-order valence-corrected chi connectivity index (χ2v) is 6.21. The van der Waals surface area contributed by atoms with Gasteiger partial charge >= 0.3 is 0 Å². The van der Waals surface area contributed by atoms with Crippen LogP contribution in [0.3, 0.4) is 0 Å². The topological polar surface area (TPSA) is 64.7 Å². The van der Waals surface area contributed by atoms with Crippen molar-refractivity contribution in [1.29, 1.82) is 0 Å². The third kappa shape index (κ3) is 5.41. The SMILES string of the molecule is CC(C(=O)NC1CCCC1)N(C)CC(=O)N1CCNCC1.Cl. The minimum absolute atomic E-state index is 0. The Morgan fingerprint density at radius 2 is 1.86 bits per heavy atom. The van der Waals surface area contributed by atoms with Crippen molar-refractivity contribution in [2.45, 2.75) is 44.7 Å². The molecule has 0 radical (unpaired) electrons. The summed E-state index contributed by atoms with van der Waals surface area (Å²) in [5.41, 5.74) is 0. The standard InChI is InChI=1S/C15H28N4O2.ClH/c1-12(15(21)17-13-5-3-4-6-13)18(2)11-14(20)19-9-7-16-8-10-19;/h12-13,16H,3-11H2,1-2H3,(H,17,21);1H. The Labute approximate surface area is 139 Å². The van der Waals surface area contributed by atoms with Gasteiger partial charge in [-0.25, -0.2) is 0 Å². The molecule has 1 aliphatic heterocycles. The molecule has 1 saturated carbocycles. The molecule has 0 bridgehead atoms. The summed E-state index contributed by atoms with van der Waals surface area (Å²) in [6.45, 7) is 5.40. The lowest BCUT2D eigenvalue weighted by Gasteiger charge is -2.31.